The van der Waals surface area contributed by atoms with Gasteiger partial charge < -0.3 is 10.1 Å². The van der Waals surface area contributed by atoms with Gasteiger partial charge >= 0.3 is 0 Å². The normalized spacial score (nSPS) is 12.5. The minimum Gasteiger partial charge on any atom is -0.484 e. The molecule has 0 radical (unpaired) electrons. The van der Waals surface area contributed by atoms with Crippen LogP contribution in [-0.2, 0) is 14.6 Å². The SMILES string of the molecule is CC(NC(=O)COc1cccc(F)c1)c1ccc(S(C)(=O)=O)cc1. The van der Waals surface area contributed by atoms with Crippen molar-refractivity contribution in [2.24, 2.45) is 0 Å². The van der Waals surface area contributed by atoms with Crippen molar-refractivity contribution in [1.29, 1.82) is 0 Å². The lowest BCUT2D eigenvalue weighted by Gasteiger charge is -2.15. The van der Waals surface area contributed by atoms with E-state index in [0.29, 0.717) is 0 Å². The van der Waals surface area contributed by atoms with E-state index in [1.165, 1.54) is 30.3 Å². The predicted molar refractivity (Wildman–Crippen MR) is 88.0 cm³/mol. The molecule has 1 N–H and O–H groups in total. The van der Waals surface area contributed by atoms with Gasteiger partial charge in [-0.3, -0.25) is 4.79 Å². The van der Waals surface area contributed by atoms with Crippen LogP contribution in [0.3, 0.4) is 0 Å². The molecule has 0 aliphatic heterocycles. The van der Waals surface area contributed by atoms with Gasteiger partial charge in [-0.1, -0.05) is 18.2 Å². The van der Waals surface area contributed by atoms with E-state index in [1.807, 2.05) is 0 Å². The second-order valence-electron chi connectivity index (χ2n) is 5.38. The molecule has 7 heteroatoms. The molecular formula is C17H18FNO4S. The Morgan fingerprint density at radius 3 is 2.46 bits per heavy atom. The number of amides is 1. The number of hydrogen-bond donors (Lipinski definition) is 1. The van der Waals surface area contributed by atoms with E-state index in [9.17, 15) is 17.6 Å². The van der Waals surface area contributed by atoms with Crippen LogP contribution in [0.1, 0.15) is 18.5 Å². The van der Waals surface area contributed by atoms with Crippen molar-refractivity contribution in [3.63, 3.8) is 0 Å². The van der Waals surface area contributed by atoms with Crippen LogP contribution < -0.4 is 10.1 Å². The number of carbonyl (C=O) groups is 1. The van der Waals surface area contributed by atoms with Crippen molar-refractivity contribution < 1.29 is 22.3 Å². The fourth-order valence-corrected chi connectivity index (χ4v) is 2.71. The molecule has 0 aliphatic carbocycles. The van der Waals surface area contributed by atoms with Gasteiger partial charge in [-0.05, 0) is 36.8 Å². The Hall–Kier alpha value is -2.41. The Morgan fingerprint density at radius 1 is 1.21 bits per heavy atom. The summed E-state index contributed by atoms with van der Waals surface area (Å²) in [6, 6.07) is 11.5. The third-order valence-corrected chi connectivity index (χ3v) is 4.48. The summed E-state index contributed by atoms with van der Waals surface area (Å²) < 4.78 is 41.1. The zero-order valence-corrected chi connectivity index (χ0v) is 14.1. The van der Waals surface area contributed by atoms with Gasteiger partial charge in [-0.25, -0.2) is 12.8 Å². The number of ether oxygens (including phenoxy) is 1. The van der Waals surface area contributed by atoms with E-state index in [1.54, 1.807) is 25.1 Å². The van der Waals surface area contributed by atoms with Gasteiger partial charge in [0.05, 0.1) is 10.9 Å². The maximum atomic E-state index is 13.0. The van der Waals surface area contributed by atoms with Gasteiger partial charge in [0.25, 0.3) is 5.91 Å². The van der Waals surface area contributed by atoms with E-state index in [0.717, 1.165) is 11.8 Å². The van der Waals surface area contributed by atoms with Crippen molar-refractivity contribution >= 4 is 15.7 Å². The van der Waals surface area contributed by atoms with Gasteiger partial charge in [-0.15, -0.1) is 0 Å². The van der Waals surface area contributed by atoms with Gasteiger partial charge in [0.1, 0.15) is 11.6 Å². The summed E-state index contributed by atoms with van der Waals surface area (Å²) >= 11 is 0. The summed E-state index contributed by atoms with van der Waals surface area (Å²) in [7, 11) is -3.25. The number of benzene rings is 2. The molecule has 2 aromatic rings. The molecule has 1 unspecified atom stereocenters. The van der Waals surface area contributed by atoms with E-state index < -0.39 is 15.7 Å². The number of nitrogens with one attached hydrogen (secondary N) is 1. The first kappa shape index (κ1) is 17.9. The first-order chi connectivity index (χ1) is 11.3. The monoisotopic (exact) mass is 351 g/mol. The smallest absolute Gasteiger partial charge is 0.258 e. The second-order valence-corrected chi connectivity index (χ2v) is 7.39. The standard InChI is InChI=1S/C17H18FNO4S/c1-12(13-6-8-16(9-7-13)24(2,21)22)19-17(20)11-23-15-5-3-4-14(18)10-15/h3-10,12H,11H2,1-2H3,(H,19,20). The Labute approximate surface area is 140 Å². The number of sulfone groups is 1. The van der Waals surface area contributed by atoms with Crippen LogP contribution in [0.15, 0.2) is 53.4 Å². The van der Waals surface area contributed by atoms with Crippen molar-refractivity contribution in [1.82, 2.24) is 5.32 Å². The molecule has 2 aromatic carbocycles. The van der Waals surface area contributed by atoms with E-state index in [4.69, 9.17) is 4.74 Å². The molecule has 2 rings (SSSR count). The molecule has 0 aromatic heterocycles. The summed E-state index contributed by atoms with van der Waals surface area (Å²) in [4.78, 5) is 12.1. The highest BCUT2D eigenvalue weighted by atomic mass is 32.2. The third-order valence-electron chi connectivity index (χ3n) is 3.35. The lowest BCUT2D eigenvalue weighted by molar-refractivity contribution is -0.123. The van der Waals surface area contributed by atoms with Gasteiger partial charge in [-0.2, -0.15) is 0 Å². The minimum atomic E-state index is -3.25. The highest BCUT2D eigenvalue weighted by Crippen LogP contribution is 2.16. The van der Waals surface area contributed by atoms with E-state index in [2.05, 4.69) is 5.32 Å². The second kappa shape index (κ2) is 7.44. The maximum Gasteiger partial charge on any atom is 0.258 e. The number of halogens is 1. The Balaban J connectivity index is 1.91. The van der Waals surface area contributed by atoms with Crippen molar-refractivity contribution in [3.8, 4) is 5.75 Å². The van der Waals surface area contributed by atoms with E-state index >= 15 is 0 Å². The maximum absolute atomic E-state index is 13.0. The molecule has 0 fully saturated rings. The fraction of sp³-hybridized carbons (Fsp3) is 0.235. The average Bonchev–Trinajstić information content (AvgIpc) is 2.52. The van der Waals surface area contributed by atoms with Gasteiger partial charge in [0.15, 0.2) is 16.4 Å². The highest BCUT2D eigenvalue weighted by molar-refractivity contribution is 7.90. The van der Waals surface area contributed by atoms with Gasteiger partial charge in [0.2, 0.25) is 0 Å². The molecule has 5 nitrogen and oxygen atoms in total. The van der Waals surface area contributed by atoms with Crippen LogP contribution in [-0.4, -0.2) is 27.2 Å². The molecular weight excluding hydrogens is 333 g/mol. The van der Waals surface area contributed by atoms with Crippen LogP contribution in [0.2, 0.25) is 0 Å². The van der Waals surface area contributed by atoms with Crippen LogP contribution >= 0.6 is 0 Å². The van der Waals surface area contributed by atoms with Crippen molar-refractivity contribution in [3.05, 3.63) is 59.9 Å². The zero-order chi connectivity index (χ0) is 17.7. The third kappa shape index (κ3) is 5.06. The lowest BCUT2D eigenvalue weighted by Crippen LogP contribution is -2.31. The highest BCUT2D eigenvalue weighted by Gasteiger charge is 2.12. The number of carbonyl (C=O) groups excluding carboxylic acids is 1. The minimum absolute atomic E-state index is 0.221. The van der Waals surface area contributed by atoms with Crippen LogP contribution in [0.4, 0.5) is 4.39 Å². The first-order valence-corrected chi connectivity index (χ1v) is 9.12. The Morgan fingerprint density at radius 2 is 1.88 bits per heavy atom. The summed E-state index contributed by atoms with van der Waals surface area (Å²) in [5, 5.41) is 2.73. The molecule has 0 saturated heterocycles. The zero-order valence-electron chi connectivity index (χ0n) is 13.3. The van der Waals surface area contributed by atoms with Crippen LogP contribution in [0.5, 0.6) is 5.75 Å². The molecule has 0 saturated carbocycles. The van der Waals surface area contributed by atoms with Crippen molar-refractivity contribution in [2.45, 2.75) is 17.9 Å². The first-order valence-electron chi connectivity index (χ1n) is 7.23. The van der Waals surface area contributed by atoms with Gasteiger partial charge in [0, 0.05) is 12.3 Å². The molecule has 128 valence electrons. The molecule has 0 spiro atoms. The summed E-state index contributed by atoms with van der Waals surface area (Å²) in [5.41, 5.74) is 0.765. The van der Waals surface area contributed by atoms with Crippen LogP contribution in [0.25, 0.3) is 0 Å². The number of rotatable bonds is 6. The Kier molecular flexibility index (Phi) is 5.56. The summed E-state index contributed by atoms with van der Waals surface area (Å²) in [6.45, 7) is 1.53. The Bertz CT molecular complexity index is 819. The topological polar surface area (TPSA) is 72.5 Å². The quantitative estimate of drug-likeness (QED) is 0.868. The lowest BCUT2D eigenvalue weighted by atomic mass is 10.1. The molecule has 0 heterocycles. The molecule has 1 amide bonds. The number of hydrogen-bond acceptors (Lipinski definition) is 4. The predicted octanol–water partition coefficient (Wildman–Crippen LogP) is 2.49. The summed E-state index contributed by atoms with van der Waals surface area (Å²) in [6.07, 6.45) is 1.14. The van der Waals surface area contributed by atoms with Crippen LogP contribution in [0, 0.1) is 5.82 Å². The molecule has 0 bridgehead atoms. The largest absolute Gasteiger partial charge is 0.484 e. The van der Waals surface area contributed by atoms with E-state index in [-0.39, 0.29) is 29.2 Å². The molecule has 0 aliphatic rings. The molecule has 24 heavy (non-hydrogen) atoms. The van der Waals surface area contributed by atoms with Crippen molar-refractivity contribution in [2.75, 3.05) is 12.9 Å². The average molecular weight is 351 g/mol. The fourth-order valence-electron chi connectivity index (χ4n) is 2.08. The summed E-state index contributed by atoms with van der Waals surface area (Å²) in [5.74, 6) is -0.526. The molecule has 1 atom stereocenters.